The Morgan fingerprint density at radius 2 is 1.50 bits per heavy atom. The Morgan fingerprint density at radius 1 is 1.00 bits per heavy atom. The molecule has 0 saturated carbocycles. The highest BCUT2D eigenvalue weighted by Crippen LogP contribution is 1.66. The topological polar surface area (TPSA) is 65.2 Å². The van der Waals surface area contributed by atoms with Crippen LogP contribution in [0.25, 0.3) is 0 Å². The quantitative estimate of drug-likeness (QED) is 0.273. The molecule has 5 heteroatoms. The van der Waals surface area contributed by atoms with E-state index in [1.165, 1.54) is 6.08 Å². The van der Waals surface area contributed by atoms with E-state index in [9.17, 15) is 4.79 Å². The molecule has 0 spiro atoms. The molecule has 0 aliphatic carbocycles. The Hall–Kier alpha value is -0.910. The Morgan fingerprint density at radius 3 is 2.00 bits per heavy atom. The van der Waals surface area contributed by atoms with Crippen molar-refractivity contribution in [1.29, 1.82) is 0 Å². The minimum absolute atomic E-state index is 0.120. The summed E-state index contributed by atoms with van der Waals surface area (Å²) in [6.45, 7) is 11.8. The molecule has 16 heavy (non-hydrogen) atoms. The normalized spacial score (nSPS) is 10.1. The molecule has 94 valence electrons. The Labute approximate surface area is 98.1 Å². The van der Waals surface area contributed by atoms with Crippen molar-refractivity contribution in [3.8, 4) is 0 Å². The largest absolute Gasteiger partial charge is 0.351 e. The van der Waals surface area contributed by atoms with Crippen LogP contribution in [0.4, 0.5) is 0 Å². The maximum atomic E-state index is 10.8. The van der Waals surface area contributed by atoms with Gasteiger partial charge in [-0.2, -0.15) is 0 Å². The van der Waals surface area contributed by atoms with E-state index in [0.717, 1.165) is 39.3 Å². The van der Waals surface area contributed by atoms with Crippen LogP contribution in [-0.4, -0.2) is 51.7 Å². The summed E-state index contributed by atoms with van der Waals surface area (Å²) in [5.74, 6) is -0.120. The van der Waals surface area contributed by atoms with Crippen molar-refractivity contribution < 1.29 is 4.79 Å². The summed E-state index contributed by atoms with van der Waals surface area (Å²) in [5, 5.41) is 12.5. The summed E-state index contributed by atoms with van der Waals surface area (Å²) in [5.41, 5.74) is 0. The van der Waals surface area contributed by atoms with Crippen LogP contribution in [0.15, 0.2) is 12.7 Å². The van der Waals surface area contributed by atoms with E-state index in [0.29, 0.717) is 6.54 Å². The Bertz CT molecular complexity index is 185. The molecule has 0 radical (unpaired) electrons. The molecule has 0 aliphatic heterocycles. The lowest BCUT2D eigenvalue weighted by molar-refractivity contribution is -0.116. The fourth-order valence-corrected chi connectivity index (χ4v) is 1.13. The van der Waals surface area contributed by atoms with Gasteiger partial charge >= 0.3 is 0 Å². The van der Waals surface area contributed by atoms with E-state index in [1.54, 1.807) is 0 Å². The predicted octanol–water partition coefficient (Wildman–Crippen LogP) is -0.923. The third-order valence-electron chi connectivity index (χ3n) is 1.99. The first-order valence-corrected chi connectivity index (χ1v) is 5.83. The summed E-state index contributed by atoms with van der Waals surface area (Å²) < 4.78 is 0. The molecule has 0 saturated heterocycles. The van der Waals surface area contributed by atoms with E-state index >= 15 is 0 Å². The third kappa shape index (κ3) is 11.2. The van der Waals surface area contributed by atoms with Crippen LogP contribution in [0.2, 0.25) is 0 Å². The molecule has 4 N–H and O–H groups in total. The van der Waals surface area contributed by atoms with Gasteiger partial charge in [0.05, 0.1) is 0 Å². The molecule has 0 aromatic carbocycles. The van der Waals surface area contributed by atoms with Crippen molar-refractivity contribution in [3.05, 3.63) is 12.7 Å². The highest BCUT2D eigenvalue weighted by molar-refractivity contribution is 5.86. The van der Waals surface area contributed by atoms with E-state index in [2.05, 4.69) is 34.8 Å². The zero-order valence-electron chi connectivity index (χ0n) is 10.1. The minimum atomic E-state index is -0.120. The number of amides is 1. The lowest BCUT2D eigenvalue weighted by Gasteiger charge is -2.07. The predicted molar refractivity (Wildman–Crippen MR) is 67.5 cm³/mol. The summed E-state index contributed by atoms with van der Waals surface area (Å²) in [7, 11) is 0. The SMILES string of the molecule is C=CC(=O)NCCNCCNCCNCC. The second-order valence-corrected chi connectivity index (χ2v) is 3.35. The van der Waals surface area contributed by atoms with Gasteiger partial charge in [-0.05, 0) is 12.6 Å². The monoisotopic (exact) mass is 228 g/mol. The third-order valence-corrected chi connectivity index (χ3v) is 1.99. The first-order valence-electron chi connectivity index (χ1n) is 5.83. The number of rotatable bonds is 11. The van der Waals surface area contributed by atoms with E-state index in [1.807, 2.05) is 0 Å². The minimum Gasteiger partial charge on any atom is -0.351 e. The average Bonchev–Trinajstić information content (AvgIpc) is 2.31. The molecule has 0 atom stereocenters. The van der Waals surface area contributed by atoms with Gasteiger partial charge in [0.15, 0.2) is 0 Å². The van der Waals surface area contributed by atoms with Crippen molar-refractivity contribution in [2.24, 2.45) is 0 Å². The molecule has 0 unspecified atom stereocenters. The van der Waals surface area contributed by atoms with E-state index in [-0.39, 0.29) is 5.91 Å². The van der Waals surface area contributed by atoms with Gasteiger partial charge in [-0.25, -0.2) is 0 Å². The molecule has 5 nitrogen and oxygen atoms in total. The van der Waals surface area contributed by atoms with Crippen LogP contribution in [-0.2, 0) is 4.79 Å². The van der Waals surface area contributed by atoms with Crippen molar-refractivity contribution in [2.45, 2.75) is 6.92 Å². The number of nitrogens with one attached hydrogen (secondary N) is 4. The second kappa shape index (κ2) is 12.2. The maximum absolute atomic E-state index is 10.8. The van der Waals surface area contributed by atoms with Crippen molar-refractivity contribution in [2.75, 3.05) is 45.8 Å². The molecular formula is C11H24N4O. The van der Waals surface area contributed by atoms with Gasteiger partial charge in [0.1, 0.15) is 0 Å². The van der Waals surface area contributed by atoms with Gasteiger partial charge < -0.3 is 21.3 Å². The number of hydrogen-bond donors (Lipinski definition) is 4. The summed E-state index contributed by atoms with van der Waals surface area (Å²) in [6.07, 6.45) is 1.28. The molecule has 0 aromatic rings. The van der Waals surface area contributed by atoms with Gasteiger partial charge in [0.2, 0.25) is 5.91 Å². The lowest BCUT2D eigenvalue weighted by Crippen LogP contribution is -2.36. The molecule has 0 bridgehead atoms. The van der Waals surface area contributed by atoms with Gasteiger partial charge in [-0.3, -0.25) is 4.79 Å². The average molecular weight is 228 g/mol. The Balaban J connectivity index is 2.98. The van der Waals surface area contributed by atoms with Crippen LogP contribution in [0.3, 0.4) is 0 Å². The molecule has 0 aromatic heterocycles. The zero-order chi connectivity index (χ0) is 12.1. The van der Waals surface area contributed by atoms with Crippen molar-refractivity contribution >= 4 is 5.91 Å². The molecular weight excluding hydrogens is 204 g/mol. The number of carbonyl (C=O) groups excluding carboxylic acids is 1. The van der Waals surface area contributed by atoms with Crippen molar-refractivity contribution in [3.63, 3.8) is 0 Å². The number of carbonyl (C=O) groups is 1. The standard InChI is InChI=1S/C11H24N4O/c1-3-11(16)15-10-9-14-8-7-13-6-5-12-4-2/h3,12-14H,1,4-10H2,2H3,(H,15,16). The van der Waals surface area contributed by atoms with E-state index in [4.69, 9.17) is 0 Å². The number of likely N-dealkylation sites (N-methyl/N-ethyl adjacent to an activating group) is 1. The van der Waals surface area contributed by atoms with Gasteiger partial charge in [0, 0.05) is 39.3 Å². The van der Waals surface area contributed by atoms with Gasteiger partial charge in [-0.1, -0.05) is 13.5 Å². The maximum Gasteiger partial charge on any atom is 0.243 e. The van der Waals surface area contributed by atoms with Gasteiger partial charge in [0.25, 0.3) is 0 Å². The zero-order valence-corrected chi connectivity index (χ0v) is 10.1. The Kier molecular flexibility index (Phi) is 11.5. The number of hydrogen-bond acceptors (Lipinski definition) is 4. The molecule has 1 amide bonds. The summed E-state index contributed by atoms with van der Waals surface area (Å²) in [6, 6.07) is 0. The van der Waals surface area contributed by atoms with E-state index < -0.39 is 0 Å². The van der Waals surface area contributed by atoms with Crippen LogP contribution in [0, 0.1) is 0 Å². The first kappa shape index (κ1) is 15.1. The smallest absolute Gasteiger partial charge is 0.243 e. The second-order valence-electron chi connectivity index (χ2n) is 3.35. The van der Waals surface area contributed by atoms with Crippen LogP contribution in [0.1, 0.15) is 6.92 Å². The fraction of sp³-hybridized carbons (Fsp3) is 0.727. The fourth-order valence-electron chi connectivity index (χ4n) is 1.13. The van der Waals surface area contributed by atoms with Crippen LogP contribution >= 0.6 is 0 Å². The highest BCUT2D eigenvalue weighted by Gasteiger charge is 1.92. The first-order chi connectivity index (χ1) is 7.81. The summed E-state index contributed by atoms with van der Waals surface area (Å²) >= 11 is 0. The molecule has 0 heterocycles. The lowest BCUT2D eigenvalue weighted by atomic mass is 10.5. The van der Waals surface area contributed by atoms with Gasteiger partial charge in [-0.15, -0.1) is 0 Å². The highest BCUT2D eigenvalue weighted by atomic mass is 16.1. The molecule has 0 aliphatic rings. The molecule has 0 rings (SSSR count). The molecule has 0 fully saturated rings. The van der Waals surface area contributed by atoms with Crippen LogP contribution in [0.5, 0.6) is 0 Å². The van der Waals surface area contributed by atoms with Crippen LogP contribution < -0.4 is 21.3 Å². The van der Waals surface area contributed by atoms with Crippen molar-refractivity contribution in [1.82, 2.24) is 21.3 Å². The summed E-state index contributed by atoms with van der Waals surface area (Å²) in [4.78, 5) is 10.8.